The number of imidazole rings is 1. The van der Waals surface area contributed by atoms with Gasteiger partial charge >= 0.3 is 0 Å². The predicted molar refractivity (Wildman–Crippen MR) is 126 cm³/mol. The molecule has 11 heteroatoms. The summed E-state index contributed by atoms with van der Waals surface area (Å²) in [5.41, 5.74) is 3.83. The summed E-state index contributed by atoms with van der Waals surface area (Å²) in [6.07, 6.45) is -1.08. The molecule has 0 bridgehead atoms. The van der Waals surface area contributed by atoms with E-state index in [4.69, 9.17) is 0 Å². The van der Waals surface area contributed by atoms with E-state index in [0.29, 0.717) is 47.3 Å². The van der Waals surface area contributed by atoms with Crippen LogP contribution in [0.25, 0.3) is 27.9 Å². The van der Waals surface area contributed by atoms with E-state index in [1.165, 1.54) is 4.57 Å². The highest BCUT2D eigenvalue weighted by molar-refractivity contribution is 5.84. The quantitative estimate of drug-likeness (QED) is 0.452. The second-order valence-corrected chi connectivity index (χ2v) is 8.00. The van der Waals surface area contributed by atoms with Crippen molar-refractivity contribution in [3.05, 3.63) is 35.9 Å². The molecule has 34 heavy (non-hydrogen) atoms. The molecule has 1 aliphatic heterocycles. The second kappa shape index (κ2) is 9.96. The standard InChI is InChI=1S/C21H23F3N8.C2H6/c1-11-19-13(15-3-4-17-20(28-15)31(10-18(23)24)12(2)27-17)6-8-32(19)30-21(26-11)29-16-5-7-25-9-14(16)22;1-2/h3-4,6,8,14,16,18,25H,5,7,9-10H2,1-2H3,(H,29,30);1-2H3. The number of hydrogen-bond donors (Lipinski definition) is 2. The van der Waals surface area contributed by atoms with Crippen LogP contribution in [0.5, 0.6) is 0 Å². The van der Waals surface area contributed by atoms with Gasteiger partial charge in [0.25, 0.3) is 6.43 Å². The molecule has 0 spiro atoms. The number of anilines is 1. The number of aromatic nitrogens is 6. The van der Waals surface area contributed by atoms with Gasteiger partial charge in [-0.15, -0.1) is 5.10 Å². The maximum Gasteiger partial charge on any atom is 0.256 e. The van der Waals surface area contributed by atoms with E-state index < -0.39 is 19.1 Å². The van der Waals surface area contributed by atoms with Crippen LogP contribution in [-0.4, -0.2) is 60.9 Å². The number of nitrogens with zero attached hydrogens (tertiary/aromatic N) is 6. The molecule has 5 rings (SSSR count). The Morgan fingerprint density at radius 3 is 2.68 bits per heavy atom. The zero-order valence-corrected chi connectivity index (χ0v) is 19.7. The fourth-order valence-electron chi connectivity index (χ4n) is 4.24. The number of rotatable bonds is 5. The van der Waals surface area contributed by atoms with Crippen molar-refractivity contribution in [2.45, 2.75) is 59.3 Å². The van der Waals surface area contributed by atoms with E-state index in [1.54, 1.807) is 23.7 Å². The molecule has 1 aliphatic rings. The molecule has 1 fully saturated rings. The average Bonchev–Trinajstić information content (AvgIpc) is 3.37. The van der Waals surface area contributed by atoms with Crippen LogP contribution in [-0.2, 0) is 6.54 Å². The molecule has 0 aliphatic carbocycles. The lowest BCUT2D eigenvalue weighted by Gasteiger charge is -2.27. The third-order valence-corrected chi connectivity index (χ3v) is 5.79. The number of hydrogen-bond acceptors (Lipinski definition) is 6. The van der Waals surface area contributed by atoms with Crippen LogP contribution in [0.2, 0.25) is 0 Å². The Hall–Kier alpha value is -3.21. The number of nitrogens with one attached hydrogen (secondary N) is 2. The predicted octanol–water partition coefficient (Wildman–Crippen LogP) is 4.16. The van der Waals surface area contributed by atoms with Gasteiger partial charge in [-0.05, 0) is 45.0 Å². The first-order valence-corrected chi connectivity index (χ1v) is 11.5. The van der Waals surface area contributed by atoms with Crippen LogP contribution in [0.1, 0.15) is 31.8 Å². The molecule has 2 unspecified atom stereocenters. The number of alkyl halides is 3. The van der Waals surface area contributed by atoms with Crippen LogP contribution in [0.4, 0.5) is 19.1 Å². The number of pyridine rings is 1. The topological polar surface area (TPSA) is 85.0 Å². The van der Waals surface area contributed by atoms with Gasteiger partial charge in [0.1, 0.15) is 17.5 Å². The van der Waals surface area contributed by atoms with Crippen LogP contribution in [0.15, 0.2) is 24.4 Å². The highest BCUT2D eigenvalue weighted by Gasteiger charge is 2.25. The summed E-state index contributed by atoms with van der Waals surface area (Å²) in [6, 6.07) is 5.11. The number of piperidine rings is 1. The highest BCUT2D eigenvalue weighted by Crippen LogP contribution is 2.28. The Morgan fingerprint density at radius 2 is 1.94 bits per heavy atom. The summed E-state index contributed by atoms with van der Waals surface area (Å²) in [5, 5.41) is 10.6. The van der Waals surface area contributed by atoms with Crippen molar-refractivity contribution < 1.29 is 13.2 Å². The molecular formula is C23H29F3N8. The molecule has 4 aromatic heterocycles. The summed E-state index contributed by atoms with van der Waals surface area (Å²) in [4.78, 5) is 13.5. The first-order valence-electron chi connectivity index (χ1n) is 11.5. The lowest BCUT2D eigenvalue weighted by atomic mass is 10.1. The Labute approximate surface area is 195 Å². The van der Waals surface area contributed by atoms with Gasteiger partial charge in [-0.3, -0.25) is 0 Å². The Bertz CT molecular complexity index is 1280. The fraction of sp³-hybridized carbons (Fsp3) is 0.478. The van der Waals surface area contributed by atoms with Crippen molar-refractivity contribution in [3.8, 4) is 11.3 Å². The average molecular weight is 475 g/mol. The number of aryl methyl sites for hydroxylation is 2. The number of halogens is 3. The Balaban J connectivity index is 0.00000133. The van der Waals surface area contributed by atoms with Crippen molar-refractivity contribution in [1.82, 2.24) is 34.4 Å². The lowest BCUT2D eigenvalue weighted by molar-refractivity contribution is 0.127. The molecule has 0 amide bonds. The normalized spacial score (nSPS) is 18.4. The van der Waals surface area contributed by atoms with E-state index in [0.717, 1.165) is 17.6 Å². The zero-order chi connectivity index (χ0) is 24.4. The molecule has 1 saturated heterocycles. The molecule has 2 atom stereocenters. The maximum absolute atomic E-state index is 14.2. The van der Waals surface area contributed by atoms with Gasteiger partial charge in [0, 0.05) is 18.3 Å². The summed E-state index contributed by atoms with van der Waals surface area (Å²) in [6.45, 7) is 8.13. The van der Waals surface area contributed by atoms with Crippen LogP contribution in [0.3, 0.4) is 0 Å². The monoisotopic (exact) mass is 474 g/mol. The van der Waals surface area contributed by atoms with Gasteiger partial charge in [-0.1, -0.05) is 13.8 Å². The number of fused-ring (bicyclic) bond motifs is 2. The van der Waals surface area contributed by atoms with Crippen molar-refractivity contribution in [3.63, 3.8) is 0 Å². The van der Waals surface area contributed by atoms with Gasteiger partial charge < -0.3 is 15.2 Å². The van der Waals surface area contributed by atoms with Gasteiger partial charge in [0.15, 0.2) is 5.65 Å². The summed E-state index contributed by atoms with van der Waals surface area (Å²) in [5.74, 6) is 0.853. The minimum Gasteiger partial charge on any atom is -0.347 e. The highest BCUT2D eigenvalue weighted by atomic mass is 19.3. The minimum absolute atomic E-state index is 0.308. The maximum atomic E-state index is 14.2. The van der Waals surface area contributed by atoms with Crippen LogP contribution < -0.4 is 10.6 Å². The SMILES string of the molecule is CC.Cc1nc(NC2CCNCC2F)nn2ccc(-c3ccc4nc(C)n(CC(F)F)c4n3)c12. The smallest absolute Gasteiger partial charge is 0.256 e. The molecule has 0 radical (unpaired) electrons. The Morgan fingerprint density at radius 1 is 1.15 bits per heavy atom. The van der Waals surface area contributed by atoms with Crippen LogP contribution in [0, 0.1) is 13.8 Å². The van der Waals surface area contributed by atoms with Crippen molar-refractivity contribution in [2.75, 3.05) is 18.4 Å². The van der Waals surface area contributed by atoms with E-state index in [9.17, 15) is 13.2 Å². The third kappa shape index (κ3) is 4.56. The van der Waals surface area contributed by atoms with Gasteiger partial charge in [-0.2, -0.15) is 0 Å². The summed E-state index contributed by atoms with van der Waals surface area (Å²) in [7, 11) is 0. The zero-order valence-electron chi connectivity index (χ0n) is 19.7. The molecule has 0 saturated carbocycles. The van der Waals surface area contributed by atoms with Crippen molar-refractivity contribution >= 4 is 22.6 Å². The van der Waals surface area contributed by atoms with Crippen LogP contribution >= 0.6 is 0 Å². The minimum atomic E-state index is -2.50. The molecule has 5 heterocycles. The first kappa shape index (κ1) is 23.9. The molecule has 4 aromatic rings. The van der Waals surface area contributed by atoms with Gasteiger partial charge in [0.2, 0.25) is 5.95 Å². The van der Waals surface area contributed by atoms with Gasteiger partial charge in [-0.25, -0.2) is 32.6 Å². The molecule has 182 valence electrons. The van der Waals surface area contributed by atoms with E-state index >= 15 is 0 Å². The summed E-state index contributed by atoms with van der Waals surface area (Å²) >= 11 is 0. The van der Waals surface area contributed by atoms with E-state index in [1.807, 2.05) is 32.9 Å². The van der Waals surface area contributed by atoms with E-state index in [2.05, 4.69) is 30.7 Å². The van der Waals surface area contributed by atoms with E-state index in [-0.39, 0.29) is 6.04 Å². The lowest BCUT2D eigenvalue weighted by Crippen LogP contribution is -2.45. The fourth-order valence-corrected chi connectivity index (χ4v) is 4.24. The van der Waals surface area contributed by atoms with Crippen molar-refractivity contribution in [1.29, 1.82) is 0 Å². The largest absolute Gasteiger partial charge is 0.347 e. The van der Waals surface area contributed by atoms with Crippen molar-refractivity contribution in [2.24, 2.45) is 0 Å². The molecular weight excluding hydrogens is 445 g/mol. The summed E-state index contributed by atoms with van der Waals surface area (Å²) < 4.78 is 43.4. The second-order valence-electron chi connectivity index (χ2n) is 8.00. The molecule has 8 nitrogen and oxygen atoms in total. The Kier molecular flexibility index (Phi) is 7.01. The first-order chi connectivity index (χ1) is 16.4. The third-order valence-electron chi connectivity index (χ3n) is 5.79. The van der Waals surface area contributed by atoms with Gasteiger partial charge in [0.05, 0.1) is 29.5 Å². The molecule has 0 aromatic carbocycles. The molecule has 2 N–H and O–H groups in total.